The molecule has 0 saturated heterocycles. The summed E-state index contributed by atoms with van der Waals surface area (Å²) in [7, 11) is 0. The van der Waals surface area contributed by atoms with Gasteiger partial charge in [0, 0.05) is 0 Å². The molecule has 1 atom stereocenters. The second kappa shape index (κ2) is 5.70. The molecule has 0 fully saturated rings. The Bertz CT molecular complexity index is 600. The van der Waals surface area contributed by atoms with Crippen LogP contribution in [0.2, 0.25) is 10.0 Å². The van der Waals surface area contributed by atoms with Crippen molar-refractivity contribution in [2.75, 3.05) is 0 Å². The number of rotatable bonds is 2. The van der Waals surface area contributed by atoms with E-state index in [1.54, 1.807) is 12.1 Å². The fourth-order valence-electron chi connectivity index (χ4n) is 2.19. The molecule has 100 valence electrons. The van der Waals surface area contributed by atoms with Gasteiger partial charge in [-0.25, -0.2) is 4.39 Å². The summed E-state index contributed by atoms with van der Waals surface area (Å²) in [6.07, 6.45) is 0. The molecule has 0 N–H and O–H groups in total. The molecule has 0 nitrogen and oxygen atoms in total. The summed E-state index contributed by atoms with van der Waals surface area (Å²) in [5.41, 5.74) is 3.20. The van der Waals surface area contributed by atoms with Crippen LogP contribution in [0, 0.1) is 19.7 Å². The van der Waals surface area contributed by atoms with E-state index in [1.165, 1.54) is 12.1 Å². The van der Waals surface area contributed by atoms with Crippen molar-refractivity contribution in [1.82, 2.24) is 0 Å². The Morgan fingerprint density at radius 3 is 2.21 bits per heavy atom. The molecule has 0 amide bonds. The highest BCUT2D eigenvalue weighted by molar-refractivity contribution is 6.43. The van der Waals surface area contributed by atoms with Crippen LogP contribution < -0.4 is 0 Å². The van der Waals surface area contributed by atoms with E-state index in [0.29, 0.717) is 10.0 Å². The van der Waals surface area contributed by atoms with E-state index in [-0.39, 0.29) is 5.82 Å². The smallest absolute Gasteiger partial charge is 0.123 e. The quantitative estimate of drug-likeness (QED) is 0.589. The Hall–Kier alpha value is -0.760. The number of aryl methyl sites for hydroxylation is 2. The molecule has 0 radical (unpaired) electrons. The molecule has 0 heterocycles. The van der Waals surface area contributed by atoms with Crippen molar-refractivity contribution in [2.45, 2.75) is 19.2 Å². The van der Waals surface area contributed by atoms with E-state index in [9.17, 15) is 4.39 Å². The lowest BCUT2D eigenvalue weighted by Crippen LogP contribution is -2.01. The van der Waals surface area contributed by atoms with E-state index >= 15 is 0 Å². The van der Waals surface area contributed by atoms with Gasteiger partial charge in [-0.2, -0.15) is 0 Å². The number of hydrogen-bond acceptors (Lipinski definition) is 0. The molecule has 0 aromatic heterocycles. The Morgan fingerprint density at radius 1 is 1.05 bits per heavy atom. The molecule has 4 heteroatoms. The minimum absolute atomic E-state index is 0.264. The average Bonchev–Trinajstić information content (AvgIpc) is 2.31. The molecule has 2 aromatic carbocycles. The van der Waals surface area contributed by atoms with Crippen LogP contribution >= 0.6 is 34.8 Å². The highest BCUT2D eigenvalue weighted by Gasteiger charge is 2.20. The third-order valence-corrected chi connectivity index (χ3v) is 4.35. The third-order valence-electron chi connectivity index (χ3n) is 3.07. The van der Waals surface area contributed by atoms with Crippen LogP contribution in [0.5, 0.6) is 0 Å². The largest absolute Gasteiger partial charge is 0.207 e. The molecule has 1 unspecified atom stereocenters. The first-order valence-corrected chi connectivity index (χ1v) is 6.95. The summed E-state index contributed by atoms with van der Waals surface area (Å²) >= 11 is 18.7. The van der Waals surface area contributed by atoms with Crippen molar-refractivity contribution in [3.63, 3.8) is 0 Å². The van der Waals surface area contributed by atoms with E-state index in [2.05, 4.69) is 0 Å². The SMILES string of the molecule is Cc1cc(F)cc(C)c1C(Cl)c1cccc(Cl)c1Cl. The molecule has 0 aliphatic heterocycles. The van der Waals surface area contributed by atoms with Crippen LogP contribution in [0.1, 0.15) is 27.6 Å². The maximum atomic E-state index is 13.3. The van der Waals surface area contributed by atoms with Crippen LogP contribution in [-0.4, -0.2) is 0 Å². The normalized spacial score (nSPS) is 12.5. The topological polar surface area (TPSA) is 0 Å². The lowest BCUT2D eigenvalue weighted by Gasteiger charge is -2.18. The van der Waals surface area contributed by atoms with Crippen molar-refractivity contribution >= 4 is 34.8 Å². The first-order valence-electron chi connectivity index (χ1n) is 5.76. The van der Waals surface area contributed by atoms with Gasteiger partial charge in [0.2, 0.25) is 0 Å². The molecule has 0 aliphatic carbocycles. The van der Waals surface area contributed by atoms with Crippen molar-refractivity contribution in [2.24, 2.45) is 0 Å². The molecular weight excluding hydrogens is 306 g/mol. The molecule has 0 spiro atoms. The van der Waals surface area contributed by atoms with Gasteiger partial charge in [0.1, 0.15) is 5.82 Å². The minimum atomic E-state index is -0.452. The fraction of sp³-hybridized carbons (Fsp3) is 0.200. The Balaban J connectivity index is 2.56. The molecule has 0 saturated carbocycles. The summed E-state index contributed by atoms with van der Waals surface area (Å²) in [6, 6.07) is 8.27. The van der Waals surface area contributed by atoms with Crippen molar-refractivity contribution in [3.05, 3.63) is 68.4 Å². The lowest BCUT2D eigenvalue weighted by atomic mass is 9.95. The zero-order valence-electron chi connectivity index (χ0n) is 10.5. The summed E-state index contributed by atoms with van der Waals surface area (Å²) in [4.78, 5) is 0. The zero-order valence-corrected chi connectivity index (χ0v) is 12.7. The average molecular weight is 318 g/mol. The van der Waals surface area contributed by atoms with Crippen LogP contribution in [0.25, 0.3) is 0 Å². The number of hydrogen-bond donors (Lipinski definition) is 0. The number of alkyl halides is 1. The highest BCUT2D eigenvalue weighted by Crippen LogP contribution is 2.39. The van der Waals surface area contributed by atoms with E-state index < -0.39 is 5.38 Å². The lowest BCUT2D eigenvalue weighted by molar-refractivity contribution is 0.624. The van der Waals surface area contributed by atoms with Gasteiger partial charge < -0.3 is 0 Å². The Morgan fingerprint density at radius 2 is 1.63 bits per heavy atom. The van der Waals surface area contributed by atoms with Gasteiger partial charge in [0.05, 0.1) is 15.4 Å². The zero-order chi connectivity index (χ0) is 14.2. The predicted octanol–water partition coefficient (Wildman–Crippen LogP) is 6.08. The maximum Gasteiger partial charge on any atom is 0.123 e. The Kier molecular flexibility index (Phi) is 4.39. The van der Waals surface area contributed by atoms with Gasteiger partial charge in [-0.15, -0.1) is 11.6 Å². The maximum absolute atomic E-state index is 13.3. The van der Waals surface area contributed by atoms with Crippen LogP contribution in [0.15, 0.2) is 30.3 Å². The van der Waals surface area contributed by atoms with Crippen molar-refractivity contribution in [1.29, 1.82) is 0 Å². The van der Waals surface area contributed by atoms with Crippen LogP contribution in [0.4, 0.5) is 4.39 Å². The van der Waals surface area contributed by atoms with E-state index in [4.69, 9.17) is 34.8 Å². The summed E-state index contributed by atoms with van der Waals surface area (Å²) in [6.45, 7) is 3.67. The van der Waals surface area contributed by atoms with E-state index in [1.807, 2.05) is 19.9 Å². The van der Waals surface area contributed by atoms with Crippen LogP contribution in [-0.2, 0) is 0 Å². The van der Waals surface area contributed by atoms with Gasteiger partial charge in [-0.3, -0.25) is 0 Å². The van der Waals surface area contributed by atoms with Gasteiger partial charge in [0.25, 0.3) is 0 Å². The first-order chi connectivity index (χ1) is 8.91. The van der Waals surface area contributed by atoms with Crippen LogP contribution in [0.3, 0.4) is 0 Å². The van der Waals surface area contributed by atoms with E-state index in [0.717, 1.165) is 22.3 Å². The summed E-state index contributed by atoms with van der Waals surface area (Å²) in [5, 5.41) is 0.446. The molecular formula is C15H12Cl3F. The summed E-state index contributed by atoms with van der Waals surface area (Å²) in [5.74, 6) is -0.264. The van der Waals surface area contributed by atoms with Gasteiger partial charge in [-0.1, -0.05) is 35.3 Å². The monoisotopic (exact) mass is 316 g/mol. The second-order valence-electron chi connectivity index (χ2n) is 4.46. The third kappa shape index (κ3) is 2.89. The molecule has 2 aromatic rings. The predicted molar refractivity (Wildman–Crippen MR) is 80.0 cm³/mol. The highest BCUT2D eigenvalue weighted by atomic mass is 35.5. The van der Waals surface area contributed by atoms with Gasteiger partial charge in [0.15, 0.2) is 0 Å². The van der Waals surface area contributed by atoms with Crippen molar-refractivity contribution in [3.8, 4) is 0 Å². The molecule has 19 heavy (non-hydrogen) atoms. The molecule has 0 aliphatic rings. The van der Waals surface area contributed by atoms with Gasteiger partial charge in [-0.05, 0) is 54.3 Å². The number of benzene rings is 2. The fourth-order valence-corrected chi connectivity index (χ4v) is 3.19. The first kappa shape index (κ1) is 14.6. The molecule has 2 rings (SSSR count). The second-order valence-corrected chi connectivity index (χ2v) is 5.68. The van der Waals surface area contributed by atoms with Gasteiger partial charge >= 0.3 is 0 Å². The number of halogens is 4. The minimum Gasteiger partial charge on any atom is -0.207 e. The van der Waals surface area contributed by atoms with Crippen molar-refractivity contribution < 1.29 is 4.39 Å². The standard InChI is InChI=1S/C15H12Cl3F/c1-8-6-10(19)7-9(2)13(8)15(18)11-4-3-5-12(16)14(11)17/h3-7,15H,1-2H3. The molecule has 0 bridgehead atoms. The summed E-state index contributed by atoms with van der Waals surface area (Å²) < 4.78 is 13.3. The Labute approximate surface area is 127 Å².